The number of nitrogens with zero attached hydrogens (tertiary/aromatic N) is 1. The molecule has 6 heteroatoms. The van der Waals surface area contributed by atoms with E-state index in [4.69, 9.17) is 23.2 Å². The molecule has 1 amide bonds. The molecule has 1 aromatic carbocycles. The predicted octanol–water partition coefficient (Wildman–Crippen LogP) is 3.16. The van der Waals surface area contributed by atoms with E-state index in [0.29, 0.717) is 30.0 Å². The van der Waals surface area contributed by atoms with Crippen LogP contribution in [-0.2, 0) is 15.1 Å². The van der Waals surface area contributed by atoms with Gasteiger partial charge < -0.3 is 10.0 Å². The Morgan fingerprint density at radius 3 is 2.53 bits per heavy atom. The average molecular weight is 304 g/mol. The van der Waals surface area contributed by atoms with Crippen molar-refractivity contribution in [2.24, 2.45) is 0 Å². The molecule has 0 spiro atoms. The van der Waals surface area contributed by atoms with Crippen LogP contribution < -0.4 is 0 Å². The van der Waals surface area contributed by atoms with E-state index in [2.05, 4.69) is 0 Å². The fourth-order valence-electron chi connectivity index (χ4n) is 1.90. The summed E-state index contributed by atoms with van der Waals surface area (Å²) in [4.78, 5) is 24.1. The average Bonchev–Trinajstić information content (AvgIpc) is 2.34. The Hall–Kier alpha value is -1.26. The molecule has 1 N–H and O–H groups in total. The molecule has 0 heterocycles. The lowest BCUT2D eigenvalue weighted by Gasteiger charge is -2.36. The van der Waals surface area contributed by atoms with Gasteiger partial charge in [0.05, 0.1) is 0 Å². The molecule has 0 radical (unpaired) electrons. The van der Waals surface area contributed by atoms with Gasteiger partial charge in [-0.1, -0.05) is 36.2 Å². The summed E-state index contributed by atoms with van der Waals surface area (Å²) in [5, 5.41) is 10.1. The van der Waals surface area contributed by atoms with E-state index in [9.17, 15) is 14.7 Å². The van der Waals surface area contributed by atoms with E-state index in [1.54, 1.807) is 6.07 Å². The molecule has 0 fully saturated rings. The number of carbonyl (C=O) groups excluding carboxylic acids is 1. The second kappa shape index (κ2) is 6.26. The fraction of sp³-hybridized carbons (Fsp3) is 0.385. The second-order valence-electron chi connectivity index (χ2n) is 4.30. The minimum absolute atomic E-state index is 0.223. The van der Waals surface area contributed by atoms with Crippen LogP contribution in [0.15, 0.2) is 18.2 Å². The van der Waals surface area contributed by atoms with E-state index in [0.717, 1.165) is 0 Å². The molecule has 0 aromatic heterocycles. The Morgan fingerprint density at radius 2 is 2.11 bits per heavy atom. The highest BCUT2D eigenvalue weighted by atomic mass is 35.5. The van der Waals surface area contributed by atoms with E-state index >= 15 is 0 Å². The van der Waals surface area contributed by atoms with Crippen molar-refractivity contribution in [3.8, 4) is 0 Å². The van der Waals surface area contributed by atoms with Crippen LogP contribution in [0.4, 0.5) is 0 Å². The third-order valence-corrected chi connectivity index (χ3v) is 3.59. The van der Waals surface area contributed by atoms with Crippen molar-refractivity contribution in [3.05, 3.63) is 33.8 Å². The standard InChI is InChI=1S/C13H15Cl2NO3/c1-3-6-16(8-17)13(2,12(18)19)10-5-4-9(14)7-11(10)15/h4-5,7-8H,3,6H2,1-2H3,(H,18,19). The molecule has 4 nitrogen and oxygen atoms in total. The molecular weight excluding hydrogens is 289 g/mol. The molecule has 0 saturated carbocycles. The zero-order valence-corrected chi connectivity index (χ0v) is 12.2. The summed E-state index contributed by atoms with van der Waals surface area (Å²) in [6.07, 6.45) is 1.18. The summed E-state index contributed by atoms with van der Waals surface area (Å²) in [6.45, 7) is 3.64. The number of hydrogen-bond acceptors (Lipinski definition) is 2. The molecule has 1 atom stereocenters. The molecule has 104 valence electrons. The fourth-order valence-corrected chi connectivity index (χ4v) is 2.49. The van der Waals surface area contributed by atoms with E-state index in [1.807, 2.05) is 6.92 Å². The maximum absolute atomic E-state index is 11.6. The zero-order chi connectivity index (χ0) is 14.6. The van der Waals surface area contributed by atoms with Crippen LogP contribution in [0.1, 0.15) is 25.8 Å². The first-order valence-electron chi connectivity index (χ1n) is 5.78. The van der Waals surface area contributed by atoms with Gasteiger partial charge in [0, 0.05) is 22.2 Å². The molecule has 1 unspecified atom stereocenters. The first kappa shape index (κ1) is 15.8. The van der Waals surface area contributed by atoms with Gasteiger partial charge in [0.2, 0.25) is 6.41 Å². The normalized spacial score (nSPS) is 13.7. The first-order chi connectivity index (χ1) is 8.87. The van der Waals surface area contributed by atoms with Crippen LogP contribution in [0, 0.1) is 0 Å². The lowest BCUT2D eigenvalue weighted by molar-refractivity contribution is -0.154. The molecule has 1 aromatic rings. The molecule has 0 saturated heterocycles. The van der Waals surface area contributed by atoms with E-state index in [-0.39, 0.29) is 5.02 Å². The van der Waals surface area contributed by atoms with Gasteiger partial charge in [0.15, 0.2) is 5.54 Å². The van der Waals surface area contributed by atoms with Crippen molar-refractivity contribution in [1.82, 2.24) is 4.90 Å². The maximum atomic E-state index is 11.6. The summed E-state index contributed by atoms with van der Waals surface area (Å²) < 4.78 is 0. The monoisotopic (exact) mass is 303 g/mol. The van der Waals surface area contributed by atoms with Gasteiger partial charge in [-0.3, -0.25) is 4.79 Å². The zero-order valence-electron chi connectivity index (χ0n) is 10.7. The Labute approximate surface area is 121 Å². The van der Waals surface area contributed by atoms with Crippen molar-refractivity contribution in [3.63, 3.8) is 0 Å². The van der Waals surface area contributed by atoms with Crippen LogP contribution in [0.2, 0.25) is 10.0 Å². The quantitative estimate of drug-likeness (QED) is 0.821. The Balaban J connectivity index is 3.40. The maximum Gasteiger partial charge on any atom is 0.334 e. The van der Waals surface area contributed by atoms with E-state index in [1.165, 1.54) is 24.0 Å². The van der Waals surface area contributed by atoms with Gasteiger partial charge >= 0.3 is 5.97 Å². The molecule has 0 bridgehead atoms. The first-order valence-corrected chi connectivity index (χ1v) is 6.54. The second-order valence-corrected chi connectivity index (χ2v) is 5.14. The van der Waals surface area contributed by atoms with Crippen LogP contribution in [0.5, 0.6) is 0 Å². The van der Waals surface area contributed by atoms with E-state index < -0.39 is 11.5 Å². The summed E-state index contributed by atoms with van der Waals surface area (Å²) in [7, 11) is 0. The molecule has 1 rings (SSSR count). The summed E-state index contributed by atoms with van der Waals surface area (Å²) in [5.74, 6) is -1.14. The minimum atomic E-state index is -1.51. The minimum Gasteiger partial charge on any atom is -0.479 e. The number of halogens is 2. The number of amides is 1. The van der Waals surface area contributed by atoms with Gasteiger partial charge in [-0.25, -0.2) is 4.79 Å². The third kappa shape index (κ3) is 3.01. The smallest absolute Gasteiger partial charge is 0.334 e. The highest BCUT2D eigenvalue weighted by Gasteiger charge is 2.42. The molecule has 0 aliphatic rings. The number of carboxylic acid groups (broad SMARTS) is 1. The lowest BCUT2D eigenvalue weighted by Crippen LogP contribution is -2.49. The van der Waals surface area contributed by atoms with Gasteiger partial charge in [-0.15, -0.1) is 0 Å². The highest BCUT2D eigenvalue weighted by molar-refractivity contribution is 6.35. The number of carbonyl (C=O) groups is 2. The van der Waals surface area contributed by atoms with Crippen molar-refractivity contribution < 1.29 is 14.7 Å². The number of hydrogen-bond donors (Lipinski definition) is 1. The Bertz CT molecular complexity index is 493. The highest BCUT2D eigenvalue weighted by Crippen LogP contribution is 2.34. The summed E-state index contributed by atoms with van der Waals surface area (Å²) in [5.41, 5.74) is -1.17. The molecule has 0 aliphatic heterocycles. The van der Waals surface area contributed by atoms with Gasteiger partial charge in [-0.05, 0) is 25.5 Å². The SMILES string of the molecule is CCCN(C=O)C(C)(C(=O)O)c1ccc(Cl)cc1Cl. The number of carboxylic acids is 1. The number of benzene rings is 1. The van der Waals surface area contributed by atoms with Gasteiger partial charge in [0.1, 0.15) is 0 Å². The van der Waals surface area contributed by atoms with Crippen molar-refractivity contribution in [2.45, 2.75) is 25.8 Å². The molecule has 0 aliphatic carbocycles. The third-order valence-electron chi connectivity index (χ3n) is 3.04. The molecular formula is C13H15Cl2NO3. The topological polar surface area (TPSA) is 57.6 Å². The van der Waals surface area contributed by atoms with Crippen LogP contribution >= 0.6 is 23.2 Å². The number of aliphatic carboxylic acids is 1. The lowest BCUT2D eigenvalue weighted by atomic mass is 9.90. The van der Waals surface area contributed by atoms with Crippen LogP contribution in [0.3, 0.4) is 0 Å². The van der Waals surface area contributed by atoms with Gasteiger partial charge in [-0.2, -0.15) is 0 Å². The largest absolute Gasteiger partial charge is 0.479 e. The Kier molecular flexibility index (Phi) is 5.20. The summed E-state index contributed by atoms with van der Waals surface area (Å²) >= 11 is 11.9. The van der Waals surface area contributed by atoms with Crippen LogP contribution in [0.25, 0.3) is 0 Å². The summed E-state index contributed by atoms with van der Waals surface area (Å²) in [6, 6.07) is 4.55. The van der Waals surface area contributed by atoms with Crippen LogP contribution in [-0.4, -0.2) is 28.9 Å². The Morgan fingerprint density at radius 1 is 1.47 bits per heavy atom. The van der Waals surface area contributed by atoms with Crippen molar-refractivity contribution >= 4 is 35.6 Å². The number of rotatable bonds is 6. The predicted molar refractivity (Wildman–Crippen MR) is 74.5 cm³/mol. The van der Waals surface area contributed by atoms with Gasteiger partial charge in [0.25, 0.3) is 0 Å². The van der Waals surface area contributed by atoms with Crippen molar-refractivity contribution in [1.29, 1.82) is 0 Å². The molecule has 19 heavy (non-hydrogen) atoms. The van der Waals surface area contributed by atoms with Crippen molar-refractivity contribution in [2.75, 3.05) is 6.54 Å².